The van der Waals surface area contributed by atoms with Crippen LogP contribution in [-0.4, -0.2) is 27.8 Å². The summed E-state index contributed by atoms with van der Waals surface area (Å²) in [6.45, 7) is 2.57. The van der Waals surface area contributed by atoms with Crippen molar-refractivity contribution in [2.45, 2.75) is 6.92 Å². The van der Waals surface area contributed by atoms with Crippen molar-refractivity contribution >= 4 is 23.5 Å². The molecular weight excluding hydrogens is 230 g/mol. The van der Waals surface area contributed by atoms with E-state index in [1.165, 1.54) is 12.4 Å². The standard InChI is InChI=1S/C8H11N5O2S/c1-2-9-8(16)13-11-4-5-3-10-7(15)12-6(5)14/h3-4H,2H2,1H3,(H2,9,13,16)(H2,10,12,14,15)/b11-4+. The number of nitrogens with one attached hydrogen (secondary N) is 4. The molecule has 16 heavy (non-hydrogen) atoms. The van der Waals surface area contributed by atoms with Gasteiger partial charge >= 0.3 is 5.69 Å². The highest BCUT2D eigenvalue weighted by atomic mass is 32.1. The van der Waals surface area contributed by atoms with Crippen LogP contribution in [0.25, 0.3) is 0 Å². The van der Waals surface area contributed by atoms with E-state index in [0.717, 1.165) is 0 Å². The fourth-order valence-electron chi connectivity index (χ4n) is 0.877. The number of nitrogens with zero attached hydrogens (tertiary/aromatic N) is 1. The van der Waals surface area contributed by atoms with E-state index >= 15 is 0 Å². The summed E-state index contributed by atoms with van der Waals surface area (Å²) in [7, 11) is 0. The first kappa shape index (κ1) is 12.1. The topological polar surface area (TPSA) is 102 Å². The van der Waals surface area contributed by atoms with Crippen molar-refractivity contribution in [3.8, 4) is 0 Å². The van der Waals surface area contributed by atoms with E-state index in [4.69, 9.17) is 12.2 Å². The fourth-order valence-corrected chi connectivity index (χ4v) is 1.07. The number of aromatic amines is 2. The molecule has 1 rings (SSSR count). The van der Waals surface area contributed by atoms with Crippen LogP contribution in [0, 0.1) is 0 Å². The van der Waals surface area contributed by atoms with Crippen molar-refractivity contribution < 1.29 is 0 Å². The zero-order valence-corrected chi connectivity index (χ0v) is 9.35. The molecule has 0 aliphatic heterocycles. The first-order chi connectivity index (χ1) is 7.63. The van der Waals surface area contributed by atoms with Gasteiger partial charge in [-0.1, -0.05) is 0 Å². The second-order valence-electron chi connectivity index (χ2n) is 2.76. The monoisotopic (exact) mass is 241 g/mol. The maximum absolute atomic E-state index is 11.2. The van der Waals surface area contributed by atoms with Crippen LogP contribution in [0.1, 0.15) is 12.5 Å². The molecule has 4 N–H and O–H groups in total. The Morgan fingerprint density at radius 2 is 2.38 bits per heavy atom. The number of rotatable bonds is 3. The largest absolute Gasteiger partial charge is 0.362 e. The van der Waals surface area contributed by atoms with Crippen LogP contribution in [0.2, 0.25) is 0 Å². The summed E-state index contributed by atoms with van der Waals surface area (Å²) in [6.07, 6.45) is 2.53. The summed E-state index contributed by atoms with van der Waals surface area (Å²) >= 11 is 4.84. The number of aromatic nitrogens is 2. The number of thiocarbonyl (C=S) groups is 1. The van der Waals surface area contributed by atoms with Gasteiger partial charge in [-0.3, -0.25) is 15.2 Å². The van der Waals surface area contributed by atoms with Gasteiger partial charge in [-0.15, -0.1) is 0 Å². The van der Waals surface area contributed by atoms with Gasteiger partial charge in [0.25, 0.3) is 5.56 Å². The molecule has 0 amide bonds. The molecule has 0 saturated carbocycles. The van der Waals surface area contributed by atoms with Gasteiger partial charge in [0, 0.05) is 12.7 Å². The van der Waals surface area contributed by atoms with E-state index in [1.54, 1.807) is 0 Å². The van der Waals surface area contributed by atoms with Crippen molar-refractivity contribution in [2.24, 2.45) is 5.10 Å². The molecule has 1 aromatic rings. The molecule has 0 unspecified atom stereocenters. The summed E-state index contributed by atoms with van der Waals surface area (Å²) < 4.78 is 0. The number of hydrogen-bond donors (Lipinski definition) is 4. The van der Waals surface area contributed by atoms with E-state index < -0.39 is 11.2 Å². The number of hydrogen-bond acceptors (Lipinski definition) is 4. The first-order valence-corrected chi connectivity index (χ1v) is 4.93. The van der Waals surface area contributed by atoms with Gasteiger partial charge in [-0.2, -0.15) is 5.10 Å². The van der Waals surface area contributed by atoms with Gasteiger partial charge in [0.15, 0.2) is 5.11 Å². The van der Waals surface area contributed by atoms with Gasteiger partial charge in [0.2, 0.25) is 0 Å². The molecule has 0 saturated heterocycles. The summed E-state index contributed by atoms with van der Waals surface area (Å²) in [6, 6.07) is 0. The van der Waals surface area contributed by atoms with Crippen LogP contribution in [-0.2, 0) is 0 Å². The second-order valence-corrected chi connectivity index (χ2v) is 3.16. The van der Waals surface area contributed by atoms with Crippen LogP contribution in [0.5, 0.6) is 0 Å². The molecule has 0 radical (unpaired) electrons. The number of H-pyrrole nitrogens is 2. The van der Waals surface area contributed by atoms with Gasteiger partial charge in [-0.05, 0) is 19.1 Å². The molecule has 0 bridgehead atoms. The van der Waals surface area contributed by atoms with Crippen LogP contribution < -0.4 is 22.0 Å². The minimum absolute atomic E-state index is 0.228. The Kier molecular flexibility index (Phi) is 4.40. The molecule has 0 aromatic carbocycles. The van der Waals surface area contributed by atoms with Gasteiger partial charge in [-0.25, -0.2) is 4.79 Å². The lowest BCUT2D eigenvalue weighted by Crippen LogP contribution is -2.32. The lowest BCUT2D eigenvalue weighted by atomic mass is 10.4. The first-order valence-electron chi connectivity index (χ1n) is 4.52. The van der Waals surface area contributed by atoms with E-state index in [0.29, 0.717) is 11.7 Å². The Labute approximate surface area is 96.0 Å². The maximum Gasteiger partial charge on any atom is 0.325 e. The van der Waals surface area contributed by atoms with Crippen LogP contribution in [0.3, 0.4) is 0 Å². The quantitative estimate of drug-likeness (QED) is 0.305. The van der Waals surface area contributed by atoms with Gasteiger partial charge < -0.3 is 10.3 Å². The maximum atomic E-state index is 11.2. The SMILES string of the molecule is CCNC(=S)N/N=C/c1c[nH]c(=O)[nH]c1=O. The van der Waals surface area contributed by atoms with Gasteiger partial charge in [0.05, 0.1) is 11.8 Å². The van der Waals surface area contributed by atoms with Crippen LogP contribution >= 0.6 is 12.2 Å². The summed E-state index contributed by atoms with van der Waals surface area (Å²) in [5.74, 6) is 0. The second kappa shape index (κ2) is 5.81. The van der Waals surface area contributed by atoms with Crippen molar-refractivity contribution in [1.29, 1.82) is 0 Å². The molecule has 7 nitrogen and oxygen atoms in total. The molecule has 0 aliphatic carbocycles. The van der Waals surface area contributed by atoms with Crippen molar-refractivity contribution in [3.63, 3.8) is 0 Å². The Balaban J connectivity index is 2.67. The lowest BCUT2D eigenvalue weighted by Gasteiger charge is -2.01. The lowest BCUT2D eigenvalue weighted by molar-refractivity contribution is 0.903. The van der Waals surface area contributed by atoms with Gasteiger partial charge in [0.1, 0.15) is 0 Å². The predicted molar refractivity (Wildman–Crippen MR) is 64.7 cm³/mol. The average Bonchev–Trinajstić information content (AvgIpc) is 2.22. The van der Waals surface area contributed by atoms with Crippen molar-refractivity contribution in [3.05, 3.63) is 32.6 Å². The van der Waals surface area contributed by atoms with E-state index in [2.05, 4.69) is 25.8 Å². The molecule has 0 atom stereocenters. The summed E-state index contributed by atoms with van der Waals surface area (Å²) in [4.78, 5) is 26.3. The third-order valence-electron chi connectivity index (χ3n) is 1.56. The zero-order valence-electron chi connectivity index (χ0n) is 8.53. The molecule has 0 fully saturated rings. The Hall–Kier alpha value is -1.96. The molecular formula is C8H11N5O2S. The van der Waals surface area contributed by atoms with E-state index in [1.807, 2.05) is 6.92 Å². The minimum atomic E-state index is -0.557. The number of hydrazone groups is 1. The molecule has 1 heterocycles. The Morgan fingerprint density at radius 1 is 1.62 bits per heavy atom. The molecule has 8 heteroatoms. The molecule has 1 aromatic heterocycles. The average molecular weight is 241 g/mol. The minimum Gasteiger partial charge on any atom is -0.362 e. The normalized spacial score (nSPS) is 10.3. The highest BCUT2D eigenvalue weighted by molar-refractivity contribution is 7.80. The smallest absolute Gasteiger partial charge is 0.325 e. The van der Waals surface area contributed by atoms with E-state index in [9.17, 15) is 9.59 Å². The predicted octanol–water partition coefficient (Wildman–Crippen LogP) is -1.12. The summed E-state index contributed by atoms with van der Waals surface area (Å²) in [5.41, 5.74) is 1.68. The molecule has 0 aliphatic rings. The van der Waals surface area contributed by atoms with Crippen molar-refractivity contribution in [1.82, 2.24) is 20.7 Å². The highest BCUT2D eigenvalue weighted by Gasteiger charge is 1.95. The third kappa shape index (κ3) is 3.65. The highest BCUT2D eigenvalue weighted by Crippen LogP contribution is 1.77. The van der Waals surface area contributed by atoms with E-state index in [-0.39, 0.29) is 5.56 Å². The molecule has 86 valence electrons. The van der Waals surface area contributed by atoms with Crippen molar-refractivity contribution in [2.75, 3.05) is 6.54 Å². The van der Waals surface area contributed by atoms with Crippen LogP contribution in [0.4, 0.5) is 0 Å². The Morgan fingerprint density at radius 3 is 3.00 bits per heavy atom. The fraction of sp³-hybridized carbons (Fsp3) is 0.250. The third-order valence-corrected chi connectivity index (χ3v) is 1.79. The van der Waals surface area contributed by atoms with Crippen LogP contribution in [0.15, 0.2) is 20.9 Å². The Bertz CT molecular complexity index is 504. The summed E-state index contributed by atoms with van der Waals surface area (Å²) in [5, 5.41) is 6.91. The zero-order chi connectivity index (χ0) is 12.0. The molecule has 0 spiro atoms.